The molecule has 0 amide bonds. The number of aromatic nitrogens is 2. The van der Waals surface area contributed by atoms with Gasteiger partial charge in [0.15, 0.2) is 5.78 Å². The number of aliphatic hydroxyl groups excluding tert-OH is 1. The van der Waals surface area contributed by atoms with Gasteiger partial charge in [-0.25, -0.2) is 0 Å². The number of nitrogens with zero attached hydrogens (tertiary/aromatic N) is 3. The summed E-state index contributed by atoms with van der Waals surface area (Å²) < 4.78 is 1.56. The fraction of sp³-hybridized carbons (Fsp3) is 0.158. The fourth-order valence-corrected chi connectivity index (χ4v) is 2.67. The lowest BCUT2D eigenvalue weighted by Gasteiger charge is -2.12. The molecular formula is C19H18N4O4. The molecular weight excluding hydrogens is 348 g/mol. The molecule has 27 heavy (non-hydrogen) atoms. The van der Waals surface area contributed by atoms with Crippen molar-refractivity contribution in [2.75, 3.05) is 11.9 Å². The number of nitro groups is 1. The molecule has 0 saturated heterocycles. The zero-order valence-electron chi connectivity index (χ0n) is 14.6. The molecule has 0 radical (unpaired) electrons. The van der Waals surface area contributed by atoms with E-state index in [2.05, 4.69) is 10.4 Å². The van der Waals surface area contributed by atoms with E-state index in [1.807, 2.05) is 0 Å². The Bertz CT molecular complexity index is 969. The lowest BCUT2D eigenvalue weighted by Crippen LogP contribution is -2.13. The zero-order chi connectivity index (χ0) is 19.4. The van der Waals surface area contributed by atoms with Crippen molar-refractivity contribution in [1.29, 1.82) is 0 Å². The number of aliphatic hydroxyl groups is 1. The molecule has 138 valence electrons. The number of nitro benzene ring substituents is 1. The Labute approximate surface area is 155 Å². The SMILES string of the molecule is Cn1cc(C(O)CNc2ccc(C(=O)c3ccccc3)cc2[N+](=O)[O-])cn1. The van der Waals surface area contributed by atoms with Crippen LogP contribution in [0.3, 0.4) is 0 Å². The van der Waals surface area contributed by atoms with Crippen LogP contribution < -0.4 is 5.32 Å². The average molecular weight is 366 g/mol. The summed E-state index contributed by atoms with van der Waals surface area (Å²) in [5, 5.41) is 28.5. The first-order valence-corrected chi connectivity index (χ1v) is 8.24. The molecule has 0 spiro atoms. The highest BCUT2D eigenvalue weighted by atomic mass is 16.6. The van der Waals surface area contributed by atoms with Crippen LogP contribution in [0, 0.1) is 10.1 Å². The van der Waals surface area contributed by atoms with Gasteiger partial charge in [0.05, 0.1) is 17.2 Å². The van der Waals surface area contributed by atoms with Crippen LogP contribution >= 0.6 is 0 Å². The minimum absolute atomic E-state index is 0.0680. The monoisotopic (exact) mass is 366 g/mol. The Morgan fingerprint density at radius 3 is 2.63 bits per heavy atom. The molecule has 1 aromatic heterocycles. The van der Waals surface area contributed by atoms with Gasteiger partial charge in [0, 0.05) is 42.5 Å². The number of rotatable bonds is 7. The van der Waals surface area contributed by atoms with Crippen molar-refractivity contribution < 1.29 is 14.8 Å². The largest absolute Gasteiger partial charge is 0.386 e. The second-order valence-electron chi connectivity index (χ2n) is 6.03. The standard InChI is InChI=1S/C19H18N4O4/c1-22-12-15(10-21-22)18(24)11-20-16-8-7-14(9-17(16)23(26)27)19(25)13-5-3-2-4-6-13/h2-10,12,18,20,24H,11H2,1H3. The number of benzene rings is 2. The van der Waals surface area contributed by atoms with E-state index in [0.717, 1.165) is 0 Å². The second-order valence-corrected chi connectivity index (χ2v) is 6.03. The van der Waals surface area contributed by atoms with Gasteiger partial charge in [-0.05, 0) is 12.1 Å². The summed E-state index contributed by atoms with van der Waals surface area (Å²) in [6.45, 7) is 0.0680. The summed E-state index contributed by atoms with van der Waals surface area (Å²) in [7, 11) is 1.73. The molecule has 3 aromatic rings. The van der Waals surface area contributed by atoms with Crippen LogP contribution in [0.15, 0.2) is 60.9 Å². The van der Waals surface area contributed by atoms with Crippen LogP contribution in [0.1, 0.15) is 27.6 Å². The maximum Gasteiger partial charge on any atom is 0.293 e. The smallest absolute Gasteiger partial charge is 0.293 e. The minimum atomic E-state index is -0.871. The van der Waals surface area contributed by atoms with Gasteiger partial charge >= 0.3 is 0 Å². The van der Waals surface area contributed by atoms with Crippen LogP contribution in [-0.4, -0.2) is 32.1 Å². The summed E-state index contributed by atoms with van der Waals surface area (Å²) in [4.78, 5) is 23.4. The summed E-state index contributed by atoms with van der Waals surface area (Å²) in [5.74, 6) is -0.291. The highest BCUT2D eigenvalue weighted by Crippen LogP contribution is 2.27. The molecule has 0 bridgehead atoms. The Kier molecular flexibility index (Phi) is 5.28. The van der Waals surface area contributed by atoms with Gasteiger partial charge in [-0.2, -0.15) is 5.10 Å². The maximum absolute atomic E-state index is 12.5. The lowest BCUT2D eigenvalue weighted by molar-refractivity contribution is -0.384. The van der Waals surface area contributed by atoms with Crippen molar-refractivity contribution >= 4 is 17.2 Å². The quantitative estimate of drug-likeness (QED) is 0.378. The molecule has 1 atom stereocenters. The van der Waals surface area contributed by atoms with Gasteiger partial charge in [0.25, 0.3) is 5.69 Å². The number of carbonyl (C=O) groups is 1. The number of aryl methyl sites for hydroxylation is 1. The van der Waals surface area contributed by atoms with Crippen molar-refractivity contribution in [3.8, 4) is 0 Å². The molecule has 0 aliphatic heterocycles. The average Bonchev–Trinajstić information content (AvgIpc) is 3.12. The van der Waals surface area contributed by atoms with Crippen molar-refractivity contribution in [2.45, 2.75) is 6.10 Å². The Balaban J connectivity index is 1.80. The highest BCUT2D eigenvalue weighted by Gasteiger charge is 2.19. The molecule has 0 fully saturated rings. The summed E-state index contributed by atoms with van der Waals surface area (Å²) in [5.41, 5.74) is 1.29. The van der Waals surface area contributed by atoms with Crippen LogP contribution in [0.5, 0.6) is 0 Å². The third-order valence-electron chi connectivity index (χ3n) is 4.09. The molecule has 0 aliphatic carbocycles. The van der Waals surface area contributed by atoms with Gasteiger partial charge in [-0.1, -0.05) is 30.3 Å². The molecule has 1 unspecified atom stereocenters. The zero-order valence-corrected chi connectivity index (χ0v) is 14.6. The minimum Gasteiger partial charge on any atom is -0.386 e. The topological polar surface area (TPSA) is 110 Å². The summed E-state index contributed by atoms with van der Waals surface area (Å²) >= 11 is 0. The van der Waals surface area contributed by atoms with Crippen LogP contribution in [0.2, 0.25) is 0 Å². The van der Waals surface area contributed by atoms with Crippen molar-refractivity contribution in [3.63, 3.8) is 0 Å². The molecule has 2 N–H and O–H groups in total. The third-order valence-corrected chi connectivity index (χ3v) is 4.09. The summed E-state index contributed by atoms with van der Waals surface area (Å²) in [6.07, 6.45) is 2.33. The molecule has 0 saturated carbocycles. The van der Waals surface area contributed by atoms with Crippen molar-refractivity contribution in [3.05, 3.63) is 87.7 Å². The first-order valence-electron chi connectivity index (χ1n) is 8.24. The molecule has 8 nitrogen and oxygen atoms in total. The van der Waals surface area contributed by atoms with Gasteiger partial charge < -0.3 is 10.4 Å². The predicted octanol–water partition coefficient (Wildman–Crippen LogP) is 2.70. The third kappa shape index (κ3) is 4.18. The number of ketones is 1. The Hall–Kier alpha value is -3.52. The molecule has 0 aliphatic rings. The number of hydrogen-bond acceptors (Lipinski definition) is 6. The van der Waals surface area contributed by atoms with E-state index in [1.165, 1.54) is 24.4 Å². The predicted molar refractivity (Wildman–Crippen MR) is 99.6 cm³/mol. The molecule has 3 rings (SSSR count). The van der Waals surface area contributed by atoms with E-state index in [9.17, 15) is 20.0 Å². The van der Waals surface area contributed by atoms with E-state index in [0.29, 0.717) is 11.1 Å². The van der Waals surface area contributed by atoms with Crippen molar-refractivity contribution in [1.82, 2.24) is 9.78 Å². The van der Waals surface area contributed by atoms with E-state index in [1.54, 1.807) is 48.3 Å². The van der Waals surface area contributed by atoms with E-state index >= 15 is 0 Å². The molecule has 8 heteroatoms. The van der Waals surface area contributed by atoms with Crippen LogP contribution in [-0.2, 0) is 7.05 Å². The molecule has 1 heterocycles. The van der Waals surface area contributed by atoms with Crippen LogP contribution in [0.25, 0.3) is 0 Å². The first-order chi connectivity index (χ1) is 13.0. The fourth-order valence-electron chi connectivity index (χ4n) is 2.67. The van der Waals surface area contributed by atoms with Gasteiger partial charge in [-0.3, -0.25) is 19.6 Å². The van der Waals surface area contributed by atoms with Crippen molar-refractivity contribution in [2.24, 2.45) is 7.05 Å². The van der Waals surface area contributed by atoms with Gasteiger partial charge in [0.2, 0.25) is 0 Å². The van der Waals surface area contributed by atoms with E-state index in [4.69, 9.17) is 0 Å². The second kappa shape index (κ2) is 7.79. The Morgan fingerprint density at radius 2 is 2.00 bits per heavy atom. The van der Waals surface area contributed by atoms with Crippen LogP contribution in [0.4, 0.5) is 11.4 Å². The van der Waals surface area contributed by atoms with E-state index in [-0.39, 0.29) is 29.3 Å². The van der Waals surface area contributed by atoms with E-state index < -0.39 is 11.0 Å². The normalized spacial score (nSPS) is 11.8. The lowest BCUT2D eigenvalue weighted by atomic mass is 10.0. The number of hydrogen-bond donors (Lipinski definition) is 2. The highest BCUT2D eigenvalue weighted by molar-refractivity contribution is 6.09. The molecule has 2 aromatic carbocycles. The maximum atomic E-state index is 12.5. The number of nitrogens with one attached hydrogen (secondary N) is 1. The number of carbonyl (C=O) groups excluding carboxylic acids is 1. The summed E-state index contributed by atoms with van der Waals surface area (Å²) in [6, 6.07) is 12.8. The van der Waals surface area contributed by atoms with Gasteiger partial charge in [-0.15, -0.1) is 0 Å². The Morgan fingerprint density at radius 1 is 1.26 bits per heavy atom. The van der Waals surface area contributed by atoms with Gasteiger partial charge in [0.1, 0.15) is 5.69 Å². The number of anilines is 1. The first kappa shape index (κ1) is 18.3.